The highest BCUT2D eigenvalue weighted by Gasteiger charge is 2.07. The number of nitrogens with two attached hydrogens (primary N) is 1. The van der Waals surface area contributed by atoms with Gasteiger partial charge in [0, 0.05) is 37.6 Å². The third-order valence-electron chi connectivity index (χ3n) is 3.00. The Labute approximate surface area is 114 Å². The maximum Gasteiger partial charge on any atom is 0.225 e. The van der Waals surface area contributed by atoms with Crippen LogP contribution in [0.1, 0.15) is 12.5 Å². The average molecular weight is 256 g/mol. The van der Waals surface area contributed by atoms with E-state index in [-0.39, 0.29) is 6.04 Å². The van der Waals surface area contributed by atoms with Crippen molar-refractivity contribution in [3.8, 4) is 11.1 Å². The van der Waals surface area contributed by atoms with Crippen molar-refractivity contribution < 1.29 is 0 Å². The van der Waals surface area contributed by atoms with Crippen molar-refractivity contribution in [3.05, 3.63) is 42.2 Å². The predicted molar refractivity (Wildman–Crippen MR) is 79.1 cm³/mol. The van der Waals surface area contributed by atoms with Gasteiger partial charge in [-0.3, -0.25) is 0 Å². The van der Waals surface area contributed by atoms with E-state index in [0.717, 1.165) is 12.1 Å². The SMILES string of the molecule is Cc1ccccc1-c1cnc(N(C)CC(C)N)nc1. The molecule has 1 heterocycles. The van der Waals surface area contributed by atoms with Crippen LogP contribution in [-0.2, 0) is 0 Å². The maximum absolute atomic E-state index is 5.77. The molecule has 2 N–H and O–H groups in total. The fourth-order valence-corrected chi connectivity index (χ4v) is 2.07. The zero-order valence-corrected chi connectivity index (χ0v) is 11.7. The highest BCUT2D eigenvalue weighted by Crippen LogP contribution is 2.22. The van der Waals surface area contributed by atoms with Gasteiger partial charge < -0.3 is 10.6 Å². The molecule has 1 atom stereocenters. The van der Waals surface area contributed by atoms with Crippen LogP contribution in [0.4, 0.5) is 5.95 Å². The van der Waals surface area contributed by atoms with E-state index >= 15 is 0 Å². The Morgan fingerprint density at radius 2 is 1.84 bits per heavy atom. The van der Waals surface area contributed by atoms with Crippen molar-refractivity contribution in [1.82, 2.24) is 9.97 Å². The highest BCUT2D eigenvalue weighted by molar-refractivity contribution is 5.65. The molecule has 0 saturated heterocycles. The molecule has 4 nitrogen and oxygen atoms in total. The average Bonchev–Trinajstić information content (AvgIpc) is 2.39. The van der Waals surface area contributed by atoms with Gasteiger partial charge in [-0.1, -0.05) is 24.3 Å². The van der Waals surface area contributed by atoms with Crippen molar-refractivity contribution in [2.24, 2.45) is 5.73 Å². The van der Waals surface area contributed by atoms with Gasteiger partial charge in [0.25, 0.3) is 0 Å². The summed E-state index contributed by atoms with van der Waals surface area (Å²) in [4.78, 5) is 10.8. The van der Waals surface area contributed by atoms with Crippen LogP contribution in [0.3, 0.4) is 0 Å². The normalized spacial score (nSPS) is 12.2. The summed E-state index contributed by atoms with van der Waals surface area (Å²) >= 11 is 0. The Bertz CT molecular complexity index is 534. The van der Waals surface area contributed by atoms with Crippen molar-refractivity contribution >= 4 is 5.95 Å². The minimum Gasteiger partial charge on any atom is -0.342 e. The monoisotopic (exact) mass is 256 g/mol. The van der Waals surface area contributed by atoms with Crippen LogP contribution < -0.4 is 10.6 Å². The first kappa shape index (κ1) is 13.5. The van der Waals surface area contributed by atoms with Gasteiger partial charge in [-0.2, -0.15) is 0 Å². The van der Waals surface area contributed by atoms with E-state index in [4.69, 9.17) is 5.73 Å². The molecule has 19 heavy (non-hydrogen) atoms. The molecule has 2 rings (SSSR count). The molecule has 0 fully saturated rings. The van der Waals surface area contributed by atoms with E-state index in [1.807, 2.05) is 43.4 Å². The van der Waals surface area contributed by atoms with Crippen LogP contribution in [0, 0.1) is 6.92 Å². The summed E-state index contributed by atoms with van der Waals surface area (Å²) < 4.78 is 0. The van der Waals surface area contributed by atoms with Gasteiger partial charge in [0.15, 0.2) is 0 Å². The minimum absolute atomic E-state index is 0.102. The lowest BCUT2D eigenvalue weighted by atomic mass is 10.0. The first-order chi connectivity index (χ1) is 9.08. The lowest BCUT2D eigenvalue weighted by Gasteiger charge is -2.19. The van der Waals surface area contributed by atoms with E-state index in [1.54, 1.807) is 0 Å². The minimum atomic E-state index is 0.102. The molecule has 0 aliphatic carbocycles. The number of hydrogen-bond acceptors (Lipinski definition) is 4. The van der Waals surface area contributed by atoms with E-state index in [1.165, 1.54) is 11.1 Å². The highest BCUT2D eigenvalue weighted by atomic mass is 15.2. The lowest BCUT2D eigenvalue weighted by Crippen LogP contribution is -2.33. The molecule has 0 amide bonds. The zero-order chi connectivity index (χ0) is 13.8. The summed E-state index contributed by atoms with van der Waals surface area (Å²) in [6.07, 6.45) is 3.73. The van der Waals surface area contributed by atoms with E-state index in [2.05, 4.69) is 29.0 Å². The van der Waals surface area contributed by atoms with Crippen molar-refractivity contribution in [2.75, 3.05) is 18.5 Å². The number of hydrogen-bond donors (Lipinski definition) is 1. The quantitative estimate of drug-likeness (QED) is 0.911. The van der Waals surface area contributed by atoms with Crippen LogP contribution in [0.5, 0.6) is 0 Å². The number of aromatic nitrogens is 2. The fourth-order valence-electron chi connectivity index (χ4n) is 2.07. The molecule has 0 radical (unpaired) electrons. The Kier molecular flexibility index (Phi) is 4.12. The molecule has 1 aromatic heterocycles. The number of likely N-dealkylation sites (N-methyl/N-ethyl adjacent to an activating group) is 1. The Morgan fingerprint density at radius 3 is 2.42 bits per heavy atom. The summed E-state index contributed by atoms with van der Waals surface area (Å²) in [6.45, 7) is 4.80. The number of aryl methyl sites for hydroxylation is 1. The molecule has 100 valence electrons. The second-order valence-electron chi connectivity index (χ2n) is 4.94. The van der Waals surface area contributed by atoms with E-state index < -0.39 is 0 Å². The molecule has 1 unspecified atom stereocenters. The van der Waals surface area contributed by atoms with Gasteiger partial charge in [-0.25, -0.2) is 9.97 Å². The molecule has 0 spiro atoms. The molecule has 1 aromatic carbocycles. The predicted octanol–water partition coefficient (Wildman–Crippen LogP) is 2.24. The first-order valence-corrected chi connectivity index (χ1v) is 6.42. The van der Waals surface area contributed by atoms with Crippen LogP contribution >= 0.6 is 0 Å². The topological polar surface area (TPSA) is 55.0 Å². The van der Waals surface area contributed by atoms with Crippen LogP contribution in [0.2, 0.25) is 0 Å². The molecule has 0 saturated carbocycles. The second-order valence-corrected chi connectivity index (χ2v) is 4.94. The Morgan fingerprint density at radius 1 is 1.21 bits per heavy atom. The first-order valence-electron chi connectivity index (χ1n) is 6.42. The van der Waals surface area contributed by atoms with Crippen LogP contribution in [0.25, 0.3) is 11.1 Å². The lowest BCUT2D eigenvalue weighted by molar-refractivity contribution is 0.704. The van der Waals surface area contributed by atoms with Crippen LogP contribution in [0.15, 0.2) is 36.7 Å². The van der Waals surface area contributed by atoms with Gasteiger partial charge in [-0.15, -0.1) is 0 Å². The standard InChI is InChI=1S/C15H20N4/c1-11-6-4-5-7-14(11)13-8-17-15(18-9-13)19(3)10-12(2)16/h4-9,12H,10,16H2,1-3H3. The van der Waals surface area contributed by atoms with Crippen molar-refractivity contribution in [2.45, 2.75) is 19.9 Å². The fraction of sp³-hybridized carbons (Fsp3) is 0.333. The molecule has 4 heteroatoms. The Balaban J connectivity index is 2.21. The van der Waals surface area contributed by atoms with E-state index in [0.29, 0.717) is 5.95 Å². The molecule has 2 aromatic rings. The molecular formula is C15H20N4. The molecule has 0 aliphatic heterocycles. The molecule has 0 bridgehead atoms. The summed E-state index contributed by atoms with van der Waals surface area (Å²) in [5.74, 6) is 0.703. The summed E-state index contributed by atoms with van der Waals surface area (Å²) in [5.41, 5.74) is 9.21. The van der Waals surface area contributed by atoms with Crippen LogP contribution in [-0.4, -0.2) is 29.6 Å². The number of benzene rings is 1. The summed E-state index contributed by atoms with van der Waals surface area (Å²) in [7, 11) is 1.95. The van der Waals surface area contributed by atoms with Gasteiger partial charge in [-0.05, 0) is 25.0 Å². The zero-order valence-electron chi connectivity index (χ0n) is 11.7. The summed E-state index contributed by atoms with van der Waals surface area (Å²) in [5, 5.41) is 0. The van der Waals surface area contributed by atoms with Gasteiger partial charge in [0.2, 0.25) is 5.95 Å². The Hall–Kier alpha value is -1.94. The van der Waals surface area contributed by atoms with Gasteiger partial charge in [0.1, 0.15) is 0 Å². The summed E-state index contributed by atoms with van der Waals surface area (Å²) in [6, 6.07) is 8.33. The number of rotatable bonds is 4. The molecule has 0 aliphatic rings. The molecular weight excluding hydrogens is 236 g/mol. The smallest absolute Gasteiger partial charge is 0.225 e. The van der Waals surface area contributed by atoms with Crippen molar-refractivity contribution in [1.29, 1.82) is 0 Å². The van der Waals surface area contributed by atoms with Gasteiger partial charge in [0.05, 0.1) is 0 Å². The van der Waals surface area contributed by atoms with Gasteiger partial charge >= 0.3 is 0 Å². The third-order valence-corrected chi connectivity index (χ3v) is 3.00. The second kappa shape index (κ2) is 5.80. The maximum atomic E-state index is 5.77. The number of nitrogens with zero attached hydrogens (tertiary/aromatic N) is 3. The number of anilines is 1. The largest absolute Gasteiger partial charge is 0.342 e. The van der Waals surface area contributed by atoms with E-state index in [9.17, 15) is 0 Å². The van der Waals surface area contributed by atoms with Crippen molar-refractivity contribution in [3.63, 3.8) is 0 Å². The third kappa shape index (κ3) is 3.29.